The minimum absolute atomic E-state index is 0. The smallest absolute Gasteiger partial charge is 1.00 e. The van der Waals surface area contributed by atoms with Gasteiger partial charge in [-0.3, -0.25) is 0 Å². The summed E-state index contributed by atoms with van der Waals surface area (Å²) >= 11 is 0. The van der Waals surface area contributed by atoms with E-state index in [1.807, 2.05) is 0 Å². The molecule has 0 fully saturated rings. The standard InChI is InChI=1S/C3H6O2.K.Nb.H/c1-5-3-2-4;;;/h2H,3H2,1H3;;;/q;+1;;-1. The SMILES string of the molecule is COCC=O.[H-].[K+].[Nb]. The first kappa shape index (κ1) is 16.0. The first-order valence-corrected chi connectivity index (χ1v) is 1.34. The molecule has 0 amide bonds. The van der Waals surface area contributed by atoms with Crippen LogP contribution in [0.2, 0.25) is 0 Å². The fraction of sp³-hybridized carbons (Fsp3) is 0.667. The fourth-order valence-corrected chi connectivity index (χ4v) is 0.0680. The van der Waals surface area contributed by atoms with Crippen molar-refractivity contribution in [3.05, 3.63) is 0 Å². The van der Waals surface area contributed by atoms with Crippen LogP contribution in [0.1, 0.15) is 1.43 Å². The second kappa shape index (κ2) is 15.7. The Labute approximate surface area is 103 Å². The molecule has 0 aliphatic heterocycles. The Morgan fingerprint density at radius 1 is 1.86 bits per heavy atom. The average Bonchev–Trinajstić information content (AvgIpc) is 1.41. The van der Waals surface area contributed by atoms with E-state index in [0.717, 1.165) is 0 Å². The van der Waals surface area contributed by atoms with Gasteiger partial charge in [0.1, 0.15) is 12.9 Å². The number of carbonyl (C=O) groups is 1. The third-order valence-electron chi connectivity index (χ3n) is 0.235. The minimum Gasteiger partial charge on any atom is -1.00 e. The summed E-state index contributed by atoms with van der Waals surface area (Å²) in [6.07, 6.45) is 0.708. The molecule has 0 aliphatic carbocycles. The number of hydrogen-bond donors (Lipinski definition) is 0. The van der Waals surface area contributed by atoms with Gasteiger partial charge in [-0.2, -0.15) is 0 Å². The van der Waals surface area contributed by atoms with Crippen molar-refractivity contribution in [3.8, 4) is 0 Å². The predicted octanol–water partition coefficient (Wildman–Crippen LogP) is -3.05. The van der Waals surface area contributed by atoms with Crippen molar-refractivity contribution < 1.29 is 84.7 Å². The van der Waals surface area contributed by atoms with E-state index in [9.17, 15) is 4.79 Å². The summed E-state index contributed by atoms with van der Waals surface area (Å²) in [5, 5.41) is 0. The molecular weight excluding hydrogens is 200 g/mol. The first-order chi connectivity index (χ1) is 2.41. The van der Waals surface area contributed by atoms with Gasteiger partial charge in [0, 0.05) is 29.5 Å². The molecule has 0 bridgehead atoms. The van der Waals surface area contributed by atoms with Gasteiger partial charge in [0.15, 0.2) is 0 Å². The Morgan fingerprint density at radius 2 is 2.29 bits per heavy atom. The van der Waals surface area contributed by atoms with Gasteiger partial charge in [-0.15, -0.1) is 0 Å². The maximum Gasteiger partial charge on any atom is 1.00 e. The molecule has 37 valence electrons. The van der Waals surface area contributed by atoms with Gasteiger partial charge < -0.3 is 11.0 Å². The van der Waals surface area contributed by atoms with Crippen molar-refractivity contribution in [1.82, 2.24) is 0 Å². The second-order valence-electron chi connectivity index (χ2n) is 0.622. The van der Waals surface area contributed by atoms with Crippen LogP contribution < -0.4 is 51.4 Å². The third-order valence-corrected chi connectivity index (χ3v) is 0.235. The zero-order chi connectivity index (χ0) is 4.12. The van der Waals surface area contributed by atoms with Gasteiger partial charge in [0.05, 0.1) is 0 Å². The van der Waals surface area contributed by atoms with Crippen LogP contribution >= 0.6 is 0 Å². The quantitative estimate of drug-likeness (QED) is 0.355. The zero-order valence-corrected chi connectivity index (χ0v) is 9.87. The zero-order valence-electron chi connectivity index (χ0n) is 5.55. The van der Waals surface area contributed by atoms with E-state index in [-0.39, 0.29) is 81.8 Å². The van der Waals surface area contributed by atoms with E-state index in [1.165, 1.54) is 7.11 Å². The summed E-state index contributed by atoms with van der Waals surface area (Å²) in [6, 6.07) is 0. The maximum absolute atomic E-state index is 9.28. The molecule has 0 N–H and O–H groups in total. The molecule has 0 saturated heterocycles. The number of carbonyl (C=O) groups excluding carboxylic acids is 1. The van der Waals surface area contributed by atoms with E-state index in [1.54, 1.807) is 0 Å². The summed E-state index contributed by atoms with van der Waals surface area (Å²) in [6.45, 7) is 0.208. The summed E-state index contributed by atoms with van der Waals surface area (Å²) in [5.74, 6) is 0. The fourth-order valence-electron chi connectivity index (χ4n) is 0.0680. The molecule has 1 radical (unpaired) electrons. The van der Waals surface area contributed by atoms with Crippen LogP contribution in [0.25, 0.3) is 0 Å². The van der Waals surface area contributed by atoms with Crippen molar-refractivity contribution in [2.45, 2.75) is 0 Å². The molecule has 0 spiro atoms. The van der Waals surface area contributed by atoms with Crippen LogP contribution in [0.4, 0.5) is 0 Å². The van der Waals surface area contributed by atoms with Crippen molar-refractivity contribution >= 4 is 6.29 Å². The van der Waals surface area contributed by atoms with Crippen LogP contribution in [0.15, 0.2) is 0 Å². The maximum atomic E-state index is 9.28. The van der Waals surface area contributed by atoms with E-state index >= 15 is 0 Å². The number of methoxy groups -OCH3 is 1. The molecule has 7 heavy (non-hydrogen) atoms. The number of aldehydes is 1. The molecule has 0 saturated carbocycles. The summed E-state index contributed by atoms with van der Waals surface area (Å²) in [4.78, 5) is 9.28. The predicted molar refractivity (Wildman–Crippen MR) is 19.1 cm³/mol. The molecule has 0 rings (SSSR count). The van der Waals surface area contributed by atoms with E-state index in [2.05, 4.69) is 4.74 Å². The topological polar surface area (TPSA) is 26.3 Å². The van der Waals surface area contributed by atoms with Crippen molar-refractivity contribution in [1.29, 1.82) is 0 Å². The molecule has 4 heteroatoms. The third kappa shape index (κ3) is 18.0. The Bertz CT molecular complexity index is 38.5. The normalized spacial score (nSPS) is 5.29. The van der Waals surface area contributed by atoms with E-state index < -0.39 is 0 Å². The molecule has 0 aliphatic rings. The number of rotatable bonds is 2. The molecule has 0 aromatic carbocycles. The molecular formula is C3H7KNbO2. The van der Waals surface area contributed by atoms with Gasteiger partial charge in [-0.05, 0) is 0 Å². The molecule has 0 unspecified atom stereocenters. The number of hydrogen-bond acceptors (Lipinski definition) is 2. The molecule has 0 aromatic heterocycles. The van der Waals surface area contributed by atoms with Crippen molar-refractivity contribution in [3.63, 3.8) is 0 Å². The Hall–Kier alpha value is 2.01. The van der Waals surface area contributed by atoms with Gasteiger partial charge in [0.25, 0.3) is 0 Å². The van der Waals surface area contributed by atoms with Gasteiger partial charge in [-0.1, -0.05) is 0 Å². The Morgan fingerprint density at radius 3 is 2.29 bits per heavy atom. The van der Waals surface area contributed by atoms with Crippen LogP contribution in [0.5, 0.6) is 0 Å². The van der Waals surface area contributed by atoms with E-state index in [4.69, 9.17) is 0 Å². The summed E-state index contributed by atoms with van der Waals surface area (Å²) in [5.41, 5.74) is 0. The Balaban J connectivity index is -0.0000000267. The molecule has 0 atom stereocenters. The molecule has 0 heterocycles. The minimum atomic E-state index is 0. The van der Waals surface area contributed by atoms with Crippen molar-refractivity contribution in [2.75, 3.05) is 13.7 Å². The average molecular weight is 207 g/mol. The van der Waals surface area contributed by atoms with Gasteiger partial charge in [-0.25, -0.2) is 0 Å². The van der Waals surface area contributed by atoms with Crippen LogP contribution in [0, 0.1) is 0 Å². The van der Waals surface area contributed by atoms with Crippen molar-refractivity contribution in [2.24, 2.45) is 0 Å². The Kier molecular flexibility index (Phi) is 35.8. The molecule has 2 nitrogen and oxygen atoms in total. The van der Waals surface area contributed by atoms with Crippen LogP contribution in [-0.4, -0.2) is 20.0 Å². The monoisotopic (exact) mass is 207 g/mol. The van der Waals surface area contributed by atoms with Gasteiger partial charge >= 0.3 is 51.4 Å². The molecule has 0 aromatic rings. The second-order valence-corrected chi connectivity index (χ2v) is 0.622. The van der Waals surface area contributed by atoms with Gasteiger partial charge in [0.2, 0.25) is 0 Å². The van der Waals surface area contributed by atoms with Crippen LogP contribution in [-0.2, 0) is 31.9 Å². The summed E-state index contributed by atoms with van der Waals surface area (Å²) < 4.78 is 4.32. The largest absolute Gasteiger partial charge is 1.00 e. The van der Waals surface area contributed by atoms with Crippen LogP contribution in [0.3, 0.4) is 0 Å². The summed E-state index contributed by atoms with van der Waals surface area (Å²) in [7, 11) is 1.48. The van der Waals surface area contributed by atoms with E-state index in [0.29, 0.717) is 6.29 Å². The first-order valence-electron chi connectivity index (χ1n) is 1.34. The number of ether oxygens (including phenoxy) is 1.